The molecular formula is C15H17BrN4O. The van der Waals surface area contributed by atoms with Gasteiger partial charge in [-0.3, -0.25) is 9.78 Å². The molecule has 0 radical (unpaired) electrons. The van der Waals surface area contributed by atoms with Gasteiger partial charge in [0.1, 0.15) is 4.47 Å². The molecule has 2 aromatic heterocycles. The van der Waals surface area contributed by atoms with E-state index < -0.39 is 0 Å². The molecule has 6 heteroatoms. The summed E-state index contributed by atoms with van der Waals surface area (Å²) < 4.78 is 2.08. The molecule has 1 unspecified atom stereocenters. The zero-order valence-electron chi connectivity index (χ0n) is 11.8. The van der Waals surface area contributed by atoms with Gasteiger partial charge in [0.15, 0.2) is 0 Å². The van der Waals surface area contributed by atoms with Gasteiger partial charge in [0.25, 0.3) is 5.56 Å². The van der Waals surface area contributed by atoms with Crippen LogP contribution in [0.3, 0.4) is 0 Å². The van der Waals surface area contributed by atoms with Crippen LogP contribution < -0.4 is 10.9 Å². The summed E-state index contributed by atoms with van der Waals surface area (Å²) in [6, 6.07) is 3.95. The summed E-state index contributed by atoms with van der Waals surface area (Å²) in [4.78, 5) is 16.4. The highest BCUT2D eigenvalue weighted by atomic mass is 79.9. The SMILES string of the molecule is CC(Nc1cnn(CC2CC2)c(=O)c1Br)c1cccnc1. The third-order valence-corrected chi connectivity index (χ3v) is 4.44. The largest absolute Gasteiger partial charge is 0.376 e. The van der Waals surface area contributed by atoms with Gasteiger partial charge in [-0.05, 0) is 53.2 Å². The molecule has 0 aromatic carbocycles. The predicted molar refractivity (Wildman–Crippen MR) is 85.2 cm³/mol. The van der Waals surface area contributed by atoms with Crippen molar-refractivity contribution >= 4 is 21.6 Å². The summed E-state index contributed by atoms with van der Waals surface area (Å²) in [5, 5.41) is 7.56. The Hall–Kier alpha value is -1.69. The Morgan fingerprint density at radius 1 is 1.48 bits per heavy atom. The molecule has 110 valence electrons. The van der Waals surface area contributed by atoms with Gasteiger partial charge in [-0.2, -0.15) is 5.10 Å². The highest BCUT2D eigenvalue weighted by Crippen LogP contribution is 2.30. The molecule has 1 aliphatic carbocycles. The second-order valence-corrected chi connectivity index (χ2v) is 6.25. The lowest BCUT2D eigenvalue weighted by molar-refractivity contribution is 0.531. The molecule has 1 N–H and O–H groups in total. The minimum Gasteiger partial charge on any atom is -0.376 e. The monoisotopic (exact) mass is 348 g/mol. The first-order valence-electron chi connectivity index (χ1n) is 7.07. The topological polar surface area (TPSA) is 59.8 Å². The second-order valence-electron chi connectivity index (χ2n) is 5.46. The van der Waals surface area contributed by atoms with Gasteiger partial charge in [0, 0.05) is 18.9 Å². The first-order chi connectivity index (χ1) is 10.1. The van der Waals surface area contributed by atoms with Crippen molar-refractivity contribution in [1.29, 1.82) is 0 Å². The Balaban J connectivity index is 1.79. The van der Waals surface area contributed by atoms with E-state index in [1.165, 1.54) is 12.8 Å². The van der Waals surface area contributed by atoms with E-state index in [0.717, 1.165) is 12.1 Å². The molecule has 0 bridgehead atoms. The molecule has 1 fully saturated rings. The molecule has 0 spiro atoms. The van der Waals surface area contributed by atoms with E-state index in [1.807, 2.05) is 25.3 Å². The van der Waals surface area contributed by atoms with Crippen LogP contribution in [0.2, 0.25) is 0 Å². The molecule has 21 heavy (non-hydrogen) atoms. The van der Waals surface area contributed by atoms with Gasteiger partial charge >= 0.3 is 0 Å². The highest BCUT2D eigenvalue weighted by Gasteiger charge is 2.23. The highest BCUT2D eigenvalue weighted by molar-refractivity contribution is 9.10. The maximum absolute atomic E-state index is 12.3. The fourth-order valence-electron chi connectivity index (χ4n) is 2.19. The molecule has 0 aliphatic heterocycles. The van der Waals surface area contributed by atoms with Crippen molar-refractivity contribution in [3.63, 3.8) is 0 Å². The van der Waals surface area contributed by atoms with E-state index in [4.69, 9.17) is 0 Å². The average Bonchev–Trinajstić information content (AvgIpc) is 3.32. The van der Waals surface area contributed by atoms with Crippen LogP contribution in [0.15, 0.2) is 40.0 Å². The lowest BCUT2D eigenvalue weighted by atomic mass is 10.1. The van der Waals surface area contributed by atoms with Crippen molar-refractivity contribution in [2.24, 2.45) is 5.92 Å². The number of halogens is 1. The van der Waals surface area contributed by atoms with E-state index in [-0.39, 0.29) is 11.6 Å². The third-order valence-electron chi connectivity index (χ3n) is 3.67. The molecule has 2 heterocycles. The van der Waals surface area contributed by atoms with Crippen LogP contribution in [0, 0.1) is 5.92 Å². The first-order valence-corrected chi connectivity index (χ1v) is 7.86. The molecule has 1 atom stereocenters. The van der Waals surface area contributed by atoms with Gasteiger partial charge in [-0.25, -0.2) is 4.68 Å². The number of rotatable bonds is 5. The summed E-state index contributed by atoms with van der Waals surface area (Å²) in [7, 11) is 0. The summed E-state index contributed by atoms with van der Waals surface area (Å²) in [5.74, 6) is 0.621. The van der Waals surface area contributed by atoms with Crippen molar-refractivity contribution in [2.75, 3.05) is 5.32 Å². The Bertz CT molecular complexity index is 682. The Labute approximate surface area is 131 Å². The number of pyridine rings is 1. The summed E-state index contributed by atoms with van der Waals surface area (Å²) >= 11 is 3.39. The quantitative estimate of drug-likeness (QED) is 0.902. The number of anilines is 1. The Morgan fingerprint density at radius 2 is 2.29 bits per heavy atom. The minimum absolute atomic E-state index is 0.0514. The van der Waals surface area contributed by atoms with E-state index in [0.29, 0.717) is 16.1 Å². The number of aromatic nitrogens is 3. The standard InChI is InChI=1S/C15H17BrN4O/c1-10(12-3-2-6-17-7-12)19-13-8-18-20(9-11-4-5-11)15(21)14(13)16/h2-3,6-8,10-11,19H,4-5,9H2,1H3. The molecule has 1 saturated carbocycles. The molecule has 2 aromatic rings. The van der Waals surface area contributed by atoms with Crippen molar-refractivity contribution < 1.29 is 0 Å². The molecule has 0 amide bonds. The number of nitrogens with one attached hydrogen (secondary N) is 1. The van der Waals surface area contributed by atoms with E-state index in [2.05, 4.69) is 31.3 Å². The molecule has 3 rings (SSSR count). The third kappa shape index (κ3) is 3.32. The van der Waals surface area contributed by atoms with Crippen LogP contribution in [0.5, 0.6) is 0 Å². The zero-order valence-corrected chi connectivity index (χ0v) is 13.4. The van der Waals surface area contributed by atoms with Gasteiger partial charge < -0.3 is 5.32 Å². The maximum Gasteiger partial charge on any atom is 0.283 e. The Kier molecular flexibility index (Phi) is 4.05. The average molecular weight is 349 g/mol. The van der Waals surface area contributed by atoms with E-state index in [1.54, 1.807) is 17.1 Å². The summed E-state index contributed by atoms with van der Waals surface area (Å²) in [5.41, 5.74) is 1.69. The normalized spacial score (nSPS) is 15.7. The van der Waals surface area contributed by atoms with Crippen LogP contribution in [-0.2, 0) is 6.54 Å². The van der Waals surface area contributed by atoms with Gasteiger partial charge in [0.2, 0.25) is 0 Å². The fourth-order valence-corrected chi connectivity index (χ4v) is 2.61. The fraction of sp³-hybridized carbons (Fsp3) is 0.400. The molecule has 0 saturated heterocycles. The molecule has 5 nitrogen and oxygen atoms in total. The zero-order chi connectivity index (χ0) is 14.8. The number of hydrogen-bond acceptors (Lipinski definition) is 4. The van der Waals surface area contributed by atoms with Gasteiger partial charge in [-0.15, -0.1) is 0 Å². The summed E-state index contributed by atoms with van der Waals surface area (Å²) in [6.07, 6.45) is 7.66. The van der Waals surface area contributed by atoms with Crippen molar-refractivity contribution in [2.45, 2.75) is 32.4 Å². The first kappa shape index (κ1) is 14.3. The van der Waals surface area contributed by atoms with Crippen LogP contribution in [0.25, 0.3) is 0 Å². The molecular weight excluding hydrogens is 332 g/mol. The van der Waals surface area contributed by atoms with Crippen molar-refractivity contribution in [1.82, 2.24) is 14.8 Å². The van der Waals surface area contributed by atoms with Crippen LogP contribution >= 0.6 is 15.9 Å². The van der Waals surface area contributed by atoms with Crippen LogP contribution in [0.4, 0.5) is 5.69 Å². The van der Waals surface area contributed by atoms with Crippen LogP contribution in [0.1, 0.15) is 31.4 Å². The van der Waals surface area contributed by atoms with E-state index >= 15 is 0 Å². The maximum atomic E-state index is 12.3. The Morgan fingerprint density at radius 3 is 2.95 bits per heavy atom. The lowest BCUT2D eigenvalue weighted by Gasteiger charge is -2.16. The lowest BCUT2D eigenvalue weighted by Crippen LogP contribution is -2.25. The van der Waals surface area contributed by atoms with Crippen molar-refractivity contribution in [3.05, 3.63) is 51.1 Å². The number of hydrogen-bond donors (Lipinski definition) is 1. The van der Waals surface area contributed by atoms with Gasteiger partial charge in [-0.1, -0.05) is 6.07 Å². The van der Waals surface area contributed by atoms with Crippen molar-refractivity contribution in [3.8, 4) is 0 Å². The minimum atomic E-state index is -0.0784. The predicted octanol–water partition coefficient (Wildman–Crippen LogP) is 2.98. The molecule has 1 aliphatic rings. The summed E-state index contributed by atoms with van der Waals surface area (Å²) in [6.45, 7) is 2.75. The van der Waals surface area contributed by atoms with Crippen LogP contribution in [-0.4, -0.2) is 14.8 Å². The van der Waals surface area contributed by atoms with E-state index in [9.17, 15) is 4.79 Å². The second kappa shape index (κ2) is 5.97. The van der Waals surface area contributed by atoms with Gasteiger partial charge in [0.05, 0.1) is 17.9 Å². The smallest absolute Gasteiger partial charge is 0.283 e. The number of nitrogens with zero attached hydrogens (tertiary/aromatic N) is 3.